The fourth-order valence-corrected chi connectivity index (χ4v) is 3.23. The van der Waals surface area contributed by atoms with Gasteiger partial charge in [-0.1, -0.05) is 55.8 Å². The molecule has 0 aliphatic carbocycles. The first-order chi connectivity index (χ1) is 12.1. The highest BCUT2D eigenvalue weighted by atomic mass is 35.5. The highest BCUT2D eigenvalue weighted by Gasteiger charge is 2.21. The van der Waals surface area contributed by atoms with E-state index in [2.05, 4.69) is 40.2 Å². The molecule has 1 aromatic carbocycles. The van der Waals surface area contributed by atoms with Gasteiger partial charge in [-0.25, -0.2) is 0 Å². The second-order valence-electron chi connectivity index (χ2n) is 6.80. The zero-order valence-corrected chi connectivity index (χ0v) is 15.8. The number of carbonyl (C=O) groups is 1. The molecule has 0 radical (unpaired) electrons. The molecule has 3 rings (SSSR count). The molecule has 0 spiro atoms. The van der Waals surface area contributed by atoms with Crippen LogP contribution in [0.15, 0.2) is 48.8 Å². The summed E-state index contributed by atoms with van der Waals surface area (Å²) in [5.74, 6) is 1.21. The SMILES string of the molecule is CC(C)CC=O.Clc1cnccc1N1CCC(c2ccccc2)CC1. The molecule has 0 saturated carbocycles. The van der Waals surface area contributed by atoms with Gasteiger partial charge in [-0.15, -0.1) is 0 Å². The van der Waals surface area contributed by atoms with Crippen LogP contribution in [0.1, 0.15) is 44.6 Å². The van der Waals surface area contributed by atoms with Crippen molar-refractivity contribution in [2.24, 2.45) is 5.92 Å². The standard InChI is InChI=1S/C16H17ClN2.C5H10O/c17-15-12-18-9-6-16(15)19-10-7-14(8-11-19)13-4-2-1-3-5-13;1-5(2)3-4-6/h1-6,9,12,14H,7-8,10-11H2;4-5H,3H2,1-2H3. The van der Waals surface area contributed by atoms with Crippen molar-refractivity contribution >= 4 is 23.6 Å². The molecule has 0 N–H and O–H groups in total. The van der Waals surface area contributed by atoms with E-state index < -0.39 is 0 Å². The Kier molecular flexibility index (Phi) is 7.93. The number of hydrogen-bond donors (Lipinski definition) is 0. The van der Waals surface area contributed by atoms with Crippen molar-refractivity contribution in [2.45, 2.75) is 39.0 Å². The van der Waals surface area contributed by atoms with Gasteiger partial charge in [0.2, 0.25) is 0 Å². The Morgan fingerprint density at radius 1 is 1.20 bits per heavy atom. The molecule has 1 saturated heterocycles. The molecule has 0 atom stereocenters. The van der Waals surface area contributed by atoms with Gasteiger partial charge in [0.1, 0.15) is 6.29 Å². The molecule has 4 heteroatoms. The molecule has 0 unspecified atom stereocenters. The number of piperidine rings is 1. The van der Waals surface area contributed by atoms with E-state index in [1.165, 1.54) is 18.4 Å². The largest absolute Gasteiger partial charge is 0.370 e. The van der Waals surface area contributed by atoms with Crippen molar-refractivity contribution in [3.05, 3.63) is 59.4 Å². The highest BCUT2D eigenvalue weighted by molar-refractivity contribution is 6.33. The first-order valence-electron chi connectivity index (χ1n) is 8.94. The molecule has 1 fully saturated rings. The Morgan fingerprint density at radius 3 is 2.40 bits per heavy atom. The van der Waals surface area contributed by atoms with E-state index in [1.807, 2.05) is 26.1 Å². The third-order valence-corrected chi connectivity index (χ3v) is 4.72. The Labute approximate surface area is 156 Å². The van der Waals surface area contributed by atoms with Crippen LogP contribution in [0, 0.1) is 5.92 Å². The number of benzene rings is 1. The van der Waals surface area contributed by atoms with E-state index in [4.69, 9.17) is 11.6 Å². The summed E-state index contributed by atoms with van der Waals surface area (Å²) in [4.78, 5) is 16.0. The Morgan fingerprint density at radius 2 is 1.88 bits per heavy atom. The summed E-state index contributed by atoms with van der Waals surface area (Å²) in [7, 11) is 0. The average Bonchev–Trinajstić information content (AvgIpc) is 2.63. The number of pyridine rings is 1. The predicted molar refractivity (Wildman–Crippen MR) is 105 cm³/mol. The molecule has 2 heterocycles. The number of hydrogen-bond acceptors (Lipinski definition) is 3. The molecule has 0 bridgehead atoms. The van der Waals surface area contributed by atoms with Crippen molar-refractivity contribution in [3.63, 3.8) is 0 Å². The van der Waals surface area contributed by atoms with Gasteiger partial charge in [-0.05, 0) is 36.3 Å². The van der Waals surface area contributed by atoms with E-state index in [9.17, 15) is 4.79 Å². The van der Waals surface area contributed by atoms with Crippen LogP contribution >= 0.6 is 11.6 Å². The molecule has 1 aliphatic heterocycles. The van der Waals surface area contributed by atoms with Crippen molar-refractivity contribution in [3.8, 4) is 0 Å². The van der Waals surface area contributed by atoms with Crippen LogP contribution in [0.25, 0.3) is 0 Å². The number of aldehydes is 1. The summed E-state index contributed by atoms with van der Waals surface area (Å²) in [6.45, 7) is 6.16. The lowest BCUT2D eigenvalue weighted by molar-refractivity contribution is -0.108. The maximum atomic E-state index is 9.62. The average molecular weight is 359 g/mol. The molecule has 1 aliphatic rings. The summed E-state index contributed by atoms with van der Waals surface area (Å²) in [5, 5.41) is 0.751. The Bertz CT molecular complexity index is 637. The van der Waals surface area contributed by atoms with Crippen molar-refractivity contribution < 1.29 is 4.79 Å². The van der Waals surface area contributed by atoms with Gasteiger partial charge in [0, 0.05) is 31.9 Å². The van der Waals surface area contributed by atoms with Crippen molar-refractivity contribution in [2.75, 3.05) is 18.0 Å². The van der Waals surface area contributed by atoms with Crippen LogP contribution in [0.4, 0.5) is 5.69 Å². The lowest BCUT2D eigenvalue weighted by atomic mass is 9.89. The molecule has 25 heavy (non-hydrogen) atoms. The smallest absolute Gasteiger partial charge is 0.120 e. The van der Waals surface area contributed by atoms with Crippen molar-refractivity contribution in [1.82, 2.24) is 4.98 Å². The fraction of sp³-hybridized carbons (Fsp3) is 0.429. The number of nitrogens with zero attached hydrogens (tertiary/aromatic N) is 2. The third-order valence-electron chi connectivity index (χ3n) is 4.43. The molecular weight excluding hydrogens is 332 g/mol. The first kappa shape index (κ1) is 19.5. The number of anilines is 1. The van der Waals surface area contributed by atoms with Crippen LogP contribution in [0.5, 0.6) is 0 Å². The fourth-order valence-electron chi connectivity index (χ4n) is 3.00. The molecule has 134 valence electrons. The van der Waals surface area contributed by atoms with Gasteiger partial charge in [0.15, 0.2) is 0 Å². The predicted octanol–water partition coefficient (Wildman–Crippen LogP) is 5.35. The van der Waals surface area contributed by atoms with Crippen molar-refractivity contribution in [1.29, 1.82) is 0 Å². The summed E-state index contributed by atoms with van der Waals surface area (Å²) < 4.78 is 0. The summed E-state index contributed by atoms with van der Waals surface area (Å²) in [6, 6.07) is 12.8. The van der Waals surface area contributed by atoms with Gasteiger partial charge >= 0.3 is 0 Å². The minimum absolute atomic E-state index is 0.530. The summed E-state index contributed by atoms with van der Waals surface area (Å²) in [6.07, 6.45) is 7.54. The minimum Gasteiger partial charge on any atom is -0.370 e. The quantitative estimate of drug-likeness (QED) is 0.690. The van der Waals surface area contributed by atoms with E-state index in [0.29, 0.717) is 18.3 Å². The molecule has 1 aromatic heterocycles. The van der Waals surface area contributed by atoms with Gasteiger partial charge < -0.3 is 9.69 Å². The molecular formula is C21H27ClN2O. The maximum absolute atomic E-state index is 9.62. The minimum atomic E-state index is 0.530. The summed E-state index contributed by atoms with van der Waals surface area (Å²) >= 11 is 6.21. The zero-order chi connectivity index (χ0) is 18.1. The van der Waals surface area contributed by atoms with Crippen LogP contribution in [0.2, 0.25) is 5.02 Å². The second-order valence-corrected chi connectivity index (χ2v) is 7.20. The lowest BCUT2D eigenvalue weighted by Crippen LogP contribution is -2.33. The summed E-state index contributed by atoms with van der Waals surface area (Å²) in [5.41, 5.74) is 2.58. The third kappa shape index (κ3) is 6.17. The van der Waals surface area contributed by atoms with Gasteiger partial charge in [0.25, 0.3) is 0 Å². The highest BCUT2D eigenvalue weighted by Crippen LogP contribution is 2.32. The normalized spacial score (nSPS) is 14.8. The molecule has 3 nitrogen and oxygen atoms in total. The van der Waals surface area contributed by atoms with Gasteiger partial charge in [0.05, 0.1) is 10.7 Å². The number of halogens is 1. The first-order valence-corrected chi connectivity index (χ1v) is 9.32. The Hall–Kier alpha value is -1.87. The monoisotopic (exact) mass is 358 g/mol. The molecule has 2 aromatic rings. The van der Waals surface area contributed by atoms with E-state index in [0.717, 1.165) is 30.1 Å². The number of carbonyl (C=O) groups excluding carboxylic acids is 1. The topological polar surface area (TPSA) is 33.2 Å². The second kappa shape index (κ2) is 10.2. The van der Waals surface area contributed by atoms with Crippen LogP contribution in [-0.4, -0.2) is 24.4 Å². The van der Waals surface area contributed by atoms with E-state index in [1.54, 1.807) is 6.20 Å². The van der Waals surface area contributed by atoms with Gasteiger partial charge in [-0.3, -0.25) is 4.98 Å². The number of rotatable bonds is 4. The molecule has 0 amide bonds. The Balaban J connectivity index is 0.000000326. The van der Waals surface area contributed by atoms with Crippen LogP contribution in [0.3, 0.4) is 0 Å². The maximum Gasteiger partial charge on any atom is 0.120 e. The number of aromatic nitrogens is 1. The van der Waals surface area contributed by atoms with E-state index in [-0.39, 0.29) is 0 Å². The zero-order valence-electron chi connectivity index (χ0n) is 15.1. The van der Waals surface area contributed by atoms with Crippen LogP contribution < -0.4 is 4.90 Å². The van der Waals surface area contributed by atoms with Gasteiger partial charge in [-0.2, -0.15) is 0 Å². The lowest BCUT2D eigenvalue weighted by Gasteiger charge is -2.34. The van der Waals surface area contributed by atoms with Crippen LogP contribution in [-0.2, 0) is 4.79 Å². The van der Waals surface area contributed by atoms with E-state index >= 15 is 0 Å².